The molecule has 0 aromatic rings. The SMILES string of the molecule is CCC(CCCN)C(CC)C(C)(C)N. The van der Waals surface area contributed by atoms with Gasteiger partial charge >= 0.3 is 0 Å². The van der Waals surface area contributed by atoms with E-state index in [-0.39, 0.29) is 5.54 Å². The minimum atomic E-state index is -0.0516. The van der Waals surface area contributed by atoms with Crippen molar-refractivity contribution in [2.24, 2.45) is 23.3 Å². The van der Waals surface area contributed by atoms with Gasteiger partial charge in [0.2, 0.25) is 0 Å². The fourth-order valence-corrected chi connectivity index (χ4v) is 2.54. The number of hydrogen-bond donors (Lipinski definition) is 2. The Morgan fingerprint density at radius 1 is 1.14 bits per heavy atom. The van der Waals surface area contributed by atoms with E-state index in [2.05, 4.69) is 27.7 Å². The topological polar surface area (TPSA) is 52.0 Å². The monoisotopic (exact) mass is 200 g/mol. The predicted octanol–water partition coefficient (Wildman–Crippen LogP) is 2.52. The fourth-order valence-electron chi connectivity index (χ4n) is 2.54. The van der Waals surface area contributed by atoms with Crippen molar-refractivity contribution in [2.45, 2.75) is 58.9 Å². The van der Waals surface area contributed by atoms with E-state index < -0.39 is 0 Å². The van der Waals surface area contributed by atoms with Gasteiger partial charge in [0.25, 0.3) is 0 Å². The van der Waals surface area contributed by atoms with Gasteiger partial charge in [-0.15, -0.1) is 0 Å². The molecule has 0 aromatic heterocycles. The van der Waals surface area contributed by atoms with Gasteiger partial charge in [-0.2, -0.15) is 0 Å². The highest BCUT2D eigenvalue weighted by Gasteiger charge is 2.29. The molecule has 0 saturated carbocycles. The lowest BCUT2D eigenvalue weighted by Gasteiger charge is -2.36. The first-order chi connectivity index (χ1) is 6.47. The maximum atomic E-state index is 6.21. The van der Waals surface area contributed by atoms with Gasteiger partial charge in [0.05, 0.1) is 0 Å². The van der Waals surface area contributed by atoms with Crippen LogP contribution in [0.3, 0.4) is 0 Å². The number of hydrogen-bond acceptors (Lipinski definition) is 2. The van der Waals surface area contributed by atoms with Crippen LogP contribution < -0.4 is 11.5 Å². The van der Waals surface area contributed by atoms with E-state index in [9.17, 15) is 0 Å². The van der Waals surface area contributed by atoms with Gasteiger partial charge in [0.15, 0.2) is 0 Å². The molecule has 0 fully saturated rings. The second-order valence-corrected chi connectivity index (χ2v) is 4.94. The van der Waals surface area contributed by atoms with E-state index >= 15 is 0 Å². The Morgan fingerprint density at radius 3 is 2.00 bits per heavy atom. The Kier molecular flexibility index (Phi) is 6.38. The van der Waals surface area contributed by atoms with Crippen LogP contribution in [0.2, 0.25) is 0 Å². The Labute approximate surface area is 89.4 Å². The molecule has 0 radical (unpaired) electrons. The van der Waals surface area contributed by atoms with E-state index in [1.165, 1.54) is 19.3 Å². The van der Waals surface area contributed by atoms with Crippen molar-refractivity contribution in [1.29, 1.82) is 0 Å². The summed E-state index contributed by atoms with van der Waals surface area (Å²) in [6, 6.07) is 0. The summed E-state index contributed by atoms with van der Waals surface area (Å²) in [7, 11) is 0. The molecule has 2 heteroatoms. The second kappa shape index (κ2) is 6.41. The minimum absolute atomic E-state index is 0.0516. The summed E-state index contributed by atoms with van der Waals surface area (Å²) in [5.41, 5.74) is 11.7. The molecule has 0 heterocycles. The Balaban J connectivity index is 4.29. The molecule has 86 valence electrons. The Hall–Kier alpha value is -0.0800. The first-order valence-electron chi connectivity index (χ1n) is 5.96. The van der Waals surface area contributed by atoms with Crippen LogP contribution in [0.5, 0.6) is 0 Å². The maximum Gasteiger partial charge on any atom is 0.0128 e. The molecular weight excluding hydrogens is 172 g/mol. The quantitative estimate of drug-likeness (QED) is 0.663. The summed E-state index contributed by atoms with van der Waals surface area (Å²) in [6.45, 7) is 9.59. The summed E-state index contributed by atoms with van der Waals surface area (Å²) < 4.78 is 0. The highest BCUT2D eigenvalue weighted by molar-refractivity contribution is 4.85. The lowest BCUT2D eigenvalue weighted by Crippen LogP contribution is -2.44. The molecule has 4 N–H and O–H groups in total. The van der Waals surface area contributed by atoms with Crippen molar-refractivity contribution >= 4 is 0 Å². The van der Waals surface area contributed by atoms with Gasteiger partial charge in [-0.25, -0.2) is 0 Å². The third-order valence-electron chi connectivity index (χ3n) is 3.27. The van der Waals surface area contributed by atoms with E-state index in [0.29, 0.717) is 5.92 Å². The average molecular weight is 200 g/mol. The standard InChI is InChI=1S/C12H28N2/c1-5-10(8-7-9-13)11(6-2)12(3,4)14/h10-11H,5-9,13-14H2,1-4H3. The lowest BCUT2D eigenvalue weighted by molar-refractivity contribution is 0.192. The van der Waals surface area contributed by atoms with Crippen molar-refractivity contribution in [3.05, 3.63) is 0 Å². The highest BCUT2D eigenvalue weighted by atomic mass is 14.7. The average Bonchev–Trinajstić information content (AvgIpc) is 2.09. The van der Waals surface area contributed by atoms with Gasteiger partial charge in [0.1, 0.15) is 0 Å². The summed E-state index contributed by atoms with van der Waals surface area (Å²) in [6.07, 6.45) is 4.75. The van der Waals surface area contributed by atoms with Crippen molar-refractivity contribution in [3.8, 4) is 0 Å². The van der Waals surface area contributed by atoms with Crippen molar-refractivity contribution < 1.29 is 0 Å². The van der Waals surface area contributed by atoms with E-state index in [0.717, 1.165) is 18.9 Å². The molecule has 0 saturated heterocycles. The molecule has 0 rings (SSSR count). The molecule has 0 aromatic carbocycles. The third-order valence-corrected chi connectivity index (χ3v) is 3.27. The third kappa shape index (κ3) is 4.43. The van der Waals surface area contributed by atoms with Gasteiger partial charge in [-0.3, -0.25) is 0 Å². The van der Waals surface area contributed by atoms with E-state index in [1.807, 2.05) is 0 Å². The summed E-state index contributed by atoms with van der Waals surface area (Å²) in [4.78, 5) is 0. The normalized spacial score (nSPS) is 16.7. The summed E-state index contributed by atoms with van der Waals surface area (Å²) in [5, 5.41) is 0. The van der Waals surface area contributed by atoms with Gasteiger partial charge in [-0.1, -0.05) is 26.7 Å². The lowest BCUT2D eigenvalue weighted by atomic mass is 9.74. The molecule has 0 aliphatic rings. The van der Waals surface area contributed by atoms with Gasteiger partial charge in [-0.05, 0) is 45.1 Å². The molecule has 0 amide bonds. The largest absolute Gasteiger partial charge is 0.330 e. The van der Waals surface area contributed by atoms with Crippen LogP contribution in [0.15, 0.2) is 0 Å². The fraction of sp³-hybridized carbons (Fsp3) is 1.00. The summed E-state index contributed by atoms with van der Waals surface area (Å²) in [5.74, 6) is 1.36. The molecule has 0 bridgehead atoms. The van der Waals surface area contributed by atoms with Gasteiger partial charge in [0, 0.05) is 5.54 Å². The molecule has 0 aliphatic heterocycles. The van der Waals surface area contributed by atoms with Crippen LogP contribution in [0.4, 0.5) is 0 Å². The van der Waals surface area contributed by atoms with Crippen LogP contribution in [0.1, 0.15) is 53.4 Å². The maximum absolute atomic E-state index is 6.21. The summed E-state index contributed by atoms with van der Waals surface area (Å²) >= 11 is 0. The highest BCUT2D eigenvalue weighted by Crippen LogP contribution is 2.31. The first kappa shape index (κ1) is 13.9. The van der Waals surface area contributed by atoms with Crippen LogP contribution >= 0.6 is 0 Å². The van der Waals surface area contributed by atoms with E-state index in [1.54, 1.807) is 0 Å². The van der Waals surface area contributed by atoms with Crippen LogP contribution in [0.25, 0.3) is 0 Å². The molecule has 2 unspecified atom stereocenters. The number of nitrogens with two attached hydrogens (primary N) is 2. The van der Waals surface area contributed by atoms with Gasteiger partial charge < -0.3 is 11.5 Å². The van der Waals surface area contributed by atoms with Crippen LogP contribution in [0, 0.1) is 11.8 Å². The zero-order valence-corrected chi connectivity index (χ0v) is 10.3. The molecule has 2 nitrogen and oxygen atoms in total. The Bertz CT molecular complexity index is 138. The van der Waals surface area contributed by atoms with Crippen LogP contribution in [-0.2, 0) is 0 Å². The molecule has 0 aliphatic carbocycles. The predicted molar refractivity (Wildman–Crippen MR) is 64.1 cm³/mol. The van der Waals surface area contributed by atoms with Crippen molar-refractivity contribution in [3.63, 3.8) is 0 Å². The van der Waals surface area contributed by atoms with Crippen LogP contribution in [-0.4, -0.2) is 12.1 Å². The van der Waals surface area contributed by atoms with E-state index in [4.69, 9.17) is 11.5 Å². The Morgan fingerprint density at radius 2 is 1.71 bits per heavy atom. The zero-order valence-electron chi connectivity index (χ0n) is 10.3. The first-order valence-corrected chi connectivity index (χ1v) is 5.96. The molecule has 0 spiro atoms. The molecular formula is C12H28N2. The number of rotatable bonds is 7. The zero-order chi connectivity index (χ0) is 11.2. The van der Waals surface area contributed by atoms with Crippen molar-refractivity contribution in [1.82, 2.24) is 0 Å². The second-order valence-electron chi connectivity index (χ2n) is 4.94. The molecule has 2 atom stereocenters. The minimum Gasteiger partial charge on any atom is -0.330 e. The smallest absolute Gasteiger partial charge is 0.0128 e. The molecule has 14 heavy (non-hydrogen) atoms. The van der Waals surface area contributed by atoms with Crippen molar-refractivity contribution in [2.75, 3.05) is 6.54 Å².